The highest BCUT2D eigenvalue weighted by molar-refractivity contribution is 7.13. The summed E-state index contributed by atoms with van der Waals surface area (Å²) in [4.78, 5) is 18.6. The van der Waals surface area contributed by atoms with E-state index in [0.29, 0.717) is 17.6 Å². The van der Waals surface area contributed by atoms with Crippen molar-refractivity contribution in [3.8, 4) is 0 Å². The second-order valence-electron chi connectivity index (χ2n) is 7.12. The number of ether oxygens (including phenoxy) is 1. The summed E-state index contributed by atoms with van der Waals surface area (Å²) < 4.78 is 5.92. The van der Waals surface area contributed by atoms with E-state index in [0.717, 1.165) is 25.2 Å². The van der Waals surface area contributed by atoms with E-state index >= 15 is 0 Å². The highest BCUT2D eigenvalue weighted by atomic mass is 32.1. The molecule has 6 nitrogen and oxygen atoms in total. The van der Waals surface area contributed by atoms with Crippen molar-refractivity contribution in [1.29, 1.82) is 0 Å². The quantitative estimate of drug-likeness (QED) is 0.626. The highest BCUT2D eigenvalue weighted by Crippen LogP contribution is 2.24. The number of hydrogen-bond acceptors (Lipinski definition) is 6. The number of nitrogens with two attached hydrogens (primary N) is 1. The summed E-state index contributed by atoms with van der Waals surface area (Å²) in [6.07, 6.45) is 1.33. The fourth-order valence-corrected chi connectivity index (χ4v) is 3.94. The zero-order chi connectivity index (χ0) is 20.1. The maximum absolute atomic E-state index is 12.1. The molecule has 1 aromatic heterocycles. The van der Waals surface area contributed by atoms with Crippen molar-refractivity contribution in [1.82, 2.24) is 9.88 Å². The third-order valence-corrected chi connectivity index (χ3v) is 5.64. The zero-order valence-corrected chi connectivity index (χ0v) is 16.9. The van der Waals surface area contributed by atoms with E-state index in [-0.39, 0.29) is 18.4 Å². The molecule has 1 fully saturated rings. The lowest BCUT2D eigenvalue weighted by Gasteiger charge is -2.14. The molecule has 1 unspecified atom stereocenters. The Morgan fingerprint density at radius 2 is 2.00 bits per heavy atom. The minimum Gasteiger partial charge on any atom is -0.375 e. The van der Waals surface area contributed by atoms with E-state index in [9.17, 15) is 4.79 Å². The summed E-state index contributed by atoms with van der Waals surface area (Å²) in [7, 11) is 0. The van der Waals surface area contributed by atoms with Crippen LogP contribution >= 0.6 is 11.3 Å². The highest BCUT2D eigenvalue weighted by Gasteiger charge is 2.23. The van der Waals surface area contributed by atoms with Crippen molar-refractivity contribution in [2.75, 3.05) is 30.9 Å². The second kappa shape index (κ2) is 9.17. The normalized spacial score (nSPS) is 16.8. The van der Waals surface area contributed by atoms with Crippen LogP contribution in [0.1, 0.15) is 22.9 Å². The number of carbonyl (C=O) groups excluding carboxylic acids is 1. The molecule has 4 rings (SSSR count). The molecule has 0 saturated carbocycles. The van der Waals surface area contributed by atoms with Crippen LogP contribution in [-0.4, -0.2) is 35.6 Å². The van der Waals surface area contributed by atoms with E-state index in [2.05, 4.69) is 39.5 Å². The van der Waals surface area contributed by atoms with E-state index in [1.165, 1.54) is 22.5 Å². The van der Waals surface area contributed by atoms with Crippen LogP contribution in [0.5, 0.6) is 0 Å². The van der Waals surface area contributed by atoms with Gasteiger partial charge in [0.2, 0.25) is 5.91 Å². The summed E-state index contributed by atoms with van der Waals surface area (Å²) in [5.41, 5.74) is 9.55. The molecule has 0 bridgehead atoms. The number of nitrogens with zero attached hydrogens (tertiary/aromatic N) is 2. The smallest absolute Gasteiger partial charge is 0.230 e. The standard InChI is InChI=1S/C22H24N4O2S/c23-22-25-19(14-29-22)12-21(27)24-18-8-6-16(7-9-18)10-11-26-13-20(28-15-26)17-4-2-1-3-5-17/h1-9,14,20H,10-13,15H2,(H2,23,25)(H,24,27). The number of nitrogens with one attached hydrogen (secondary N) is 1. The van der Waals surface area contributed by atoms with Crippen LogP contribution in [0.3, 0.4) is 0 Å². The first-order chi connectivity index (χ1) is 14.2. The van der Waals surface area contributed by atoms with Crippen molar-refractivity contribution in [3.05, 3.63) is 76.8 Å². The van der Waals surface area contributed by atoms with Gasteiger partial charge in [-0.25, -0.2) is 4.98 Å². The maximum atomic E-state index is 12.1. The minimum absolute atomic E-state index is 0.0933. The molecule has 150 valence electrons. The molecule has 1 atom stereocenters. The van der Waals surface area contributed by atoms with Gasteiger partial charge in [0.15, 0.2) is 5.13 Å². The predicted molar refractivity (Wildman–Crippen MR) is 116 cm³/mol. The lowest BCUT2D eigenvalue weighted by molar-refractivity contribution is -0.115. The Bertz CT molecular complexity index is 943. The summed E-state index contributed by atoms with van der Waals surface area (Å²) in [5.74, 6) is -0.0933. The van der Waals surface area contributed by atoms with Gasteiger partial charge in [-0.3, -0.25) is 9.69 Å². The second-order valence-corrected chi connectivity index (χ2v) is 8.01. The number of rotatable bonds is 7. The first kappa shape index (κ1) is 19.6. The molecule has 7 heteroatoms. The summed E-state index contributed by atoms with van der Waals surface area (Å²) in [5, 5.41) is 5.19. The van der Waals surface area contributed by atoms with Gasteiger partial charge in [0.05, 0.1) is 24.9 Å². The van der Waals surface area contributed by atoms with Gasteiger partial charge in [-0.2, -0.15) is 0 Å². The lowest BCUT2D eigenvalue weighted by atomic mass is 10.1. The zero-order valence-electron chi connectivity index (χ0n) is 16.1. The average Bonchev–Trinajstić information content (AvgIpc) is 3.37. The van der Waals surface area contributed by atoms with Crippen LogP contribution in [0.2, 0.25) is 0 Å². The van der Waals surface area contributed by atoms with Crippen LogP contribution in [0.25, 0.3) is 0 Å². The molecule has 3 aromatic rings. The monoisotopic (exact) mass is 408 g/mol. The summed E-state index contributed by atoms with van der Waals surface area (Å²) in [6, 6.07) is 18.4. The number of benzene rings is 2. The maximum Gasteiger partial charge on any atom is 0.230 e. The molecule has 1 amide bonds. The fraction of sp³-hybridized carbons (Fsp3) is 0.273. The number of aromatic nitrogens is 1. The number of nitrogen functional groups attached to an aromatic ring is 1. The van der Waals surface area contributed by atoms with Crippen LogP contribution in [0.15, 0.2) is 60.0 Å². The Hall–Kier alpha value is -2.74. The van der Waals surface area contributed by atoms with Crippen LogP contribution in [-0.2, 0) is 22.4 Å². The Morgan fingerprint density at radius 1 is 1.21 bits per heavy atom. The van der Waals surface area contributed by atoms with Gasteiger partial charge >= 0.3 is 0 Å². The number of hydrogen-bond donors (Lipinski definition) is 2. The van der Waals surface area contributed by atoms with Crippen LogP contribution in [0.4, 0.5) is 10.8 Å². The molecule has 3 N–H and O–H groups in total. The van der Waals surface area contributed by atoms with Gasteiger partial charge in [0, 0.05) is 24.2 Å². The molecular formula is C22H24N4O2S. The summed E-state index contributed by atoms with van der Waals surface area (Å²) >= 11 is 1.34. The number of anilines is 2. The molecule has 1 aliphatic heterocycles. The Balaban J connectivity index is 1.23. The van der Waals surface area contributed by atoms with Gasteiger partial charge in [-0.15, -0.1) is 11.3 Å². The van der Waals surface area contributed by atoms with Gasteiger partial charge in [0.1, 0.15) is 0 Å². The van der Waals surface area contributed by atoms with Crippen LogP contribution in [0, 0.1) is 0 Å². The van der Waals surface area contributed by atoms with Crippen molar-refractivity contribution >= 4 is 28.1 Å². The molecule has 2 heterocycles. The van der Waals surface area contributed by atoms with E-state index < -0.39 is 0 Å². The molecule has 1 aliphatic rings. The van der Waals surface area contributed by atoms with Crippen molar-refractivity contribution in [2.45, 2.75) is 18.9 Å². The van der Waals surface area contributed by atoms with E-state index in [1.54, 1.807) is 0 Å². The van der Waals surface area contributed by atoms with Gasteiger partial charge in [-0.05, 0) is 29.7 Å². The Labute approximate surface area is 174 Å². The molecular weight excluding hydrogens is 384 g/mol. The fourth-order valence-electron chi connectivity index (χ4n) is 3.38. The van der Waals surface area contributed by atoms with Gasteiger partial charge in [-0.1, -0.05) is 42.5 Å². The molecule has 0 aliphatic carbocycles. The SMILES string of the molecule is Nc1nc(CC(=O)Nc2ccc(CCN3COC(c4ccccc4)C3)cc2)cs1. The molecule has 0 spiro atoms. The number of thiazole rings is 1. The minimum atomic E-state index is -0.0933. The third-order valence-electron chi connectivity index (χ3n) is 4.92. The topological polar surface area (TPSA) is 80.5 Å². The Kier molecular flexibility index (Phi) is 6.19. The van der Waals surface area contributed by atoms with Crippen molar-refractivity contribution < 1.29 is 9.53 Å². The van der Waals surface area contributed by atoms with Crippen molar-refractivity contribution in [2.24, 2.45) is 0 Å². The molecule has 0 radical (unpaired) electrons. The van der Waals surface area contributed by atoms with E-state index in [1.807, 2.05) is 35.7 Å². The third kappa shape index (κ3) is 5.41. The lowest BCUT2D eigenvalue weighted by Crippen LogP contribution is -2.23. The first-order valence-electron chi connectivity index (χ1n) is 9.63. The van der Waals surface area contributed by atoms with E-state index in [4.69, 9.17) is 10.5 Å². The molecule has 1 saturated heterocycles. The van der Waals surface area contributed by atoms with Gasteiger partial charge in [0.25, 0.3) is 0 Å². The summed E-state index contributed by atoms with van der Waals surface area (Å²) in [6.45, 7) is 2.52. The van der Waals surface area contributed by atoms with Crippen LogP contribution < -0.4 is 11.1 Å². The predicted octanol–water partition coefficient (Wildman–Crippen LogP) is 3.48. The molecule has 2 aromatic carbocycles. The van der Waals surface area contributed by atoms with Crippen molar-refractivity contribution in [3.63, 3.8) is 0 Å². The average molecular weight is 409 g/mol. The largest absolute Gasteiger partial charge is 0.375 e. The van der Waals surface area contributed by atoms with Gasteiger partial charge < -0.3 is 15.8 Å². The first-order valence-corrected chi connectivity index (χ1v) is 10.5. The number of amides is 1. The number of carbonyl (C=O) groups is 1. The Morgan fingerprint density at radius 3 is 2.72 bits per heavy atom. The molecule has 29 heavy (non-hydrogen) atoms.